The molecule has 0 aromatic carbocycles. The maximum atomic E-state index is 11.6. The van der Waals surface area contributed by atoms with E-state index in [-0.39, 0.29) is 5.97 Å². The van der Waals surface area contributed by atoms with E-state index in [2.05, 4.69) is 4.74 Å². The minimum absolute atomic E-state index is 0.241. The third-order valence-electron chi connectivity index (χ3n) is 1.55. The van der Waals surface area contributed by atoms with Crippen LogP contribution in [0.15, 0.2) is 0 Å². The second-order valence-corrected chi connectivity index (χ2v) is 2.59. The monoisotopic (exact) mass is 191 g/mol. The first-order valence-electron chi connectivity index (χ1n) is 4.17. The summed E-state index contributed by atoms with van der Waals surface area (Å²) >= 11 is 0. The molecule has 0 aliphatic rings. The Hall–Kier alpha value is -1.13. The van der Waals surface area contributed by atoms with Crippen LogP contribution in [-0.2, 0) is 9.53 Å². The van der Waals surface area contributed by atoms with Gasteiger partial charge in [0.25, 0.3) is 0 Å². The highest BCUT2D eigenvalue weighted by molar-refractivity contribution is 5.69. The van der Waals surface area contributed by atoms with Gasteiger partial charge < -0.3 is 10.1 Å². The number of hydrogen-bond donors (Lipinski definition) is 1. The molecule has 76 valence electrons. The summed E-state index contributed by atoms with van der Waals surface area (Å²) in [4.78, 5) is 20.4. The average molecular weight is 191 g/mol. The summed E-state index contributed by atoms with van der Waals surface area (Å²) in [7, 11) is 1.34. The Labute approximate surface area is 76.4 Å². The quantitative estimate of drug-likeness (QED) is 0.299. The van der Waals surface area contributed by atoms with E-state index in [1.165, 1.54) is 7.11 Å². The number of hydrogen-bond acceptors (Lipinski definition) is 3. The number of ether oxygens (including phenoxy) is 1. The lowest BCUT2D eigenvalue weighted by Crippen LogP contribution is -2.18. The lowest BCUT2D eigenvalue weighted by atomic mass is 10.2. The minimum atomic E-state index is -1.51. The summed E-state index contributed by atoms with van der Waals surface area (Å²) in [5.41, 5.74) is 0. The van der Waals surface area contributed by atoms with E-state index in [4.69, 9.17) is 0 Å². The van der Waals surface area contributed by atoms with Crippen LogP contribution in [0.1, 0.15) is 25.7 Å². The van der Waals surface area contributed by atoms with Crippen molar-refractivity contribution in [3.63, 3.8) is 0 Å². The van der Waals surface area contributed by atoms with E-state index in [1.54, 1.807) is 0 Å². The summed E-state index contributed by atoms with van der Waals surface area (Å²) in [6, 6.07) is 0. The van der Waals surface area contributed by atoms with E-state index >= 15 is 0 Å². The molecule has 0 spiro atoms. The number of esters is 1. The number of nitrogens with one attached hydrogen (secondary N) is 1. The molecule has 1 N–H and O–H groups in total. The maximum Gasteiger partial charge on any atom is 0.397 e. The standard InChI is InChI=1S/C8H14FNO3/c1-13-7(11)5-3-2-4-6-10-8(9)12/h2-6H2,1H3,(H,10,12). The Morgan fingerprint density at radius 1 is 1.31 bits per heavy atom. The number of methoxy groups -OCH3 is 1. The minimum Gasteiger partial charge on any atom is -0.469 e. The number of amides is 1. The van der Waals surface area contributed by atoms with E-state index in [0.29, 0.717) is 25.8 Å². The largest absolute Gasteiger partial charge is 0.469 e. The molecule has 0 radical (unpaired) electrons. The van der Waals surface area contributed by atoms with Crippen LogP contribution in [0.2, 0.25) is 0 Å². The van der Waals surface area contributed by atoms with Crippen LogP contribution < -0.4 is 5.32 Å². The highest BCUT2D eigenvalue weighted by Crippen LogP contribution is 1.99. The van der Waals surface area contributed by atoms with Crippen molar-refractivity contribution >= 4 is 12.1 Å². The molecular formula is C8H14FNO3. The number of rotatable bonds is 6. The molecule has 0 saturated heterocycles. The number of unbranched alkanes of at least 4 members (excludes halogenated alkanes) is 2. The van der Waals surface area contributed by atoms with Gasteiger partial charge in [0.2, 0.25) is 0 Å². The highest BCUT2D eigenvalue weighted by atomic mass is 19.1. The van der Waals surface area contributed by atoms with Crippen LogP contribution in [0, 0.1) is 0 Å². The van der Waals surface area contributed by atoms with Gasteiger partial charge in [-0.05, 0) is 12.8 Å². The predicted octanol–water partition coefficient (Wildman–Crippen LogP) is 1.40. The second-order valence-electron chi connectivity index (χ2n) is 2.59. The second kappa shape index (κ2) is 7.52. The summed E-state index contributed by atoms with van der Waals surface area (Å²) in [6.07, 6.45) is 1.02. The lowest BCUT2D eigenvalue weighted by Gasteiger charge is -2.00. The molecule has 0 heterocycles. The van der Waals surface area contributed by atoms with Crippen LogP contribution in [0.4, 0.5) is 9.18 Å². The van der Waals surface area contributed by atoms with Crippen molar-refractivity contribution in [2.45, 2.75) is 25.7 Å². The fraction of sp³-hybridized carbons (Fsp3) is 0.750. The number of carbonyl (C=O) groups is 2. The Bertz CT molecular complexity index is 173. The zero-order chi connectivity index (χ0) is 10.1. The Morgan fingerprint density at radius 2 is 2.00 bits per heavy atom. The summed E-state index contributed by atoms with van der Waals surface area (Å²) in [6.45, 7) is 0.316. The average Bonchev–Trinajstić information content (AvgIpc) is 2.10. The van der Waals surface area contributed by atoms with Crippen molar-refractivity contribution in [2.24, 2.45) is 0 Å². The van der Waals surface area contributed by atoms with Crippen molar-refractivity contribution in [3.05, 3.63) is 0 Å². The molecule has 0 aliphatic carbocycles. The van der Waals surface area contributed by atoms with E-state index in [1.807, 2.05) is 5.32 Å². The Kier molecular flexibility index (Phi) is 6.86. The van der Waals surface area contributed by atoms with Gasteiger partial charge in [-0.25, -0.2) is 4.79 Å². The highest BCUT2D eigenvalue weighted by Gasteiger charge is 1.99. The SMILES string of the molecule is COC(=O)CCCCCNC(=O)F. The molecule has 0 rings (SSSR count). The molecule has 13 heavy (non-hydrogen) atoms. The van der Waals surface area contributed by atoms with Gasteiger partial charge in [-0.15, -0.1) is 4.39 Å². The van der Waals surface area contributed by atoms with Gasteiger partial charge >= 0.3 is 12.1 Å². The molecule has 0 aliphatic heterocycles. The molecule has 0 aromatic heterocycles. The number of carbonyl (C=O) groups excluding carboxylic acids is 2. The molecule has 4 nitrogen and oxygen atoms in total. The third kappa shape index (κ3) is 8.78. The molecule has 0 bridgehead atoms. The zero-order valence-electron chi connectivity index (χ0n) is 7.64. The van der Waals surface area contributed by atoms with Gasteiger partial charge in [-0.2, -0.15) is 0 Å². The molecule has 0 atom stereocenters. The molecular weight excluding hydrogens is 177 g/mol. The summed E-state index contributed by atoms with van der Waals surface area (Å²) < 4.78 is 16.0. The molecule has 0 saturated carbocycles. The van der Waals surface area contributed by atoms with Gasteiger partial charge in [-0.3, -0.25) is 4.79 Å². The van der Waals surface area contributed by atoms with Crippen LogP contribution >= 0.6 is 0 Å². The van der Waals surface area contributed by atoms with Crippen molar-refractivity contribution in [1.29, 1.82) is 0 Å². The van der Waals surface area contributed by atoms with Crippen molar-refractivity contribution in [1.82, 2.24) is 5.32 Å². The topological polar surface area (TPSA) is 55.4 Å². The molecule has 0 unspecified atom stereocenters. The van der Waals surface area contributed by atoms with Gasteiger partial charge in [0, 0.05) is 13.0 Å². The van der Waals surface area contributed by atoms with Gasteiger partial charge in [-0.1, -0.05) is 6.42 Å². The molecule has 1 amide bonds. The Morgan fingerprint density at radius 3 is 2.54 bits per heavy atom. The zero-order valence-corrected chi connectivity index (χ0v) is 7.64. The smallest absolute Gasteiger partial charge is 0.397 e. The van der Waals surface area contributed by atoms with Crippen molar-refractivity contribution in [2.75, 3.05) is 13.7 Å². The molecule has 0 aromatic rings. The lowest BCUT2D eigenvalue weighted by molar-refractivity contribution is -0.140. The molecule has 0 fully saturated rings. The van der Waals surface area contributed by atoms with Crippen LogP contribution in [0.25, 0.3) is 0 Å². The normalized spacial score (nSPS) is 9.38. The van der Waals surface area contributed by atoms with Gasteiger partial charge in [0.15, 0.2) is 0 Å². The maximum absolute atomic E-state index is 11.6. The van der Waals surface area contributed by atoms with E-state index < -0.39 is 6.16 Å². The third-order valence-corrected chi connectivity index (χ3v) is 1.55. The van der Waals surface area contributed by atoms with Crippen LogP contribution in [0.3, 0.4) is 0 Å². The fourth-order valence-electron chi connectivity index (χ4n) is 0.860. The Balaban J connectivity index is 3.08. The van der Waals surface area contributed by atoms with E-state index in [9.17, 15) is 14.0 Å². The summed E-state index contributed by atoms with van der Waals surface area (Å²) in [5.74, 6) is -0.241. The van der Waals surface area contributed by atoms with Crippen molar-refractivity contribution < 1.29 is 18.7 Å². The van der Waals surface area contributed by atoms with Gasteiger partial charge in [0.1, 0.15) is 0 Å². The first kappa shape index (κ1) is 11.9. The first-order valence-corrected chi connectivity index (χ1v) is 4.17. The van der Waals surface area contributed by atoms with Crippen LogP contribution in [-0.4, -0.2) is 25.8 Å². The fourth-order valence-corrected chi connectivity index (χ4v) is 0.860. The number of halogens is 1. The van der Waals surface area contributed by atoms with Crippen LogP contribution in [0.5, 0.6) is 0 Å². The first-order chi connectivity index (χ1) is 6.16. The van der Waals surface area contributed by atoms with Crippen molar-refractivity contribution in [3.8, 4) is 0 Å². The molecule has 5 heteroatoms. The van der Waals surface area contributed by atoms with E-state index in [0.717, 1.165) is 6.42 Å². The van der Waals surface area contributed by atoms with Gasteiger partial charge in [0.05, 0.1) is 7.11 Å². The summed E-state index contributed by atoms with van der Waals surface area (Å²) in [5, 5.41) is 2.03. The predicted molar refractivity (Wildman–Crippen MR) is 45.0 cm³/mol.